The van der Waals surface area contributed by atoms with E-state index in [-0.39, 0.29) is 66.1 Å². The van der Waals surface area contributed by atoms with Crippen LogP contribution < -0.4 is 0 Å². The molecule has 24 atom stereocenters. The fourth-order valence-electron chi connectivity index (χ4n) is 25.1. The number of alkyl halides is 4. The van der Waals surface area contributed by atoms with Gasteiger partial charge in [0, 0.05) is 24.2 Å². The Morgan fingerprint density at radius 1 is 0.511 bits per heavy atom. The predicted molar refractivity (Wildman–Crippen MR) is 331 cm³/mol. The zero-order chi connectivity index (χ0) is 63.3. The molecule has 0 aliphatic heterocycles. The molecule has 12 aliphatic rings. The Hall–Kier alpha value is -3.97. The number of carbonyl (C=O) groups excluding carboxylic acids is 2. The number of hydrogen-bond donors (Lipinski definition) is 3. The van der Waals surface area contributed by atoms with E-state index in [0.717, 1.165) is 120 Å². The number of Topliss-reactive ketones (excluding diaryl/α,β-unsaturated/α-hetero) is 2. The Bertz CT molecular complexity index is 3010. The first kappa shape index (κ1) is 64.7. The SMILES string of the molecule is C=C(Cn1ccnn1)[C@H]1CC[C@H]2[C@@H]3CC[C@@H]4C[C@@](O)(C(F)F)CC[C@@H]4[C@H]3CC[C@]12C.CC[C@@]1(O)CC[C@H]2C(CC[C@@H]3[C@@H]2CC[C@]2(C)[C@@H](C(=O)Cn4ccnn4)CC[C@@H]32)C1.Cc1nnn(CC(=O)[C@H]2CC[C@H]3[C@@H]4CC[C@@H]5C[C@@](O)(C(F)F)CC[C@@H]5[C@H]4CC[C@]23C)n1. The second kappa shape index (κ2) is 25.0. The van der Waals surface area contributed by atoms with Crippen molar-refractivity contribution in [3.8, 4) is 0 Å². The van der Waals surface area contributed by atoms with Crippen molar-refractivity contribution in [3.05, 3.63) is 42.8 Å². The number of nitrogens with zero attached hydrogens (tertiary/aromatic N) is 10. The van der Waals surface area contributed by atoms with E-state index in [1.165, 1.54) is 74.6 Å². The van der Waals surface area contributed by atoms with E-state index >= 15 is 0 Å². The lowest BCUT2D eigenvalue weighted by Crippen LogP contribution is -2.53. The molecule has 3 heterocycles. The van der Waals surface area contributed by atoms with Gasteiger partial charge in [-0.1, -0.05) is 50.3 Å². The van der Waals surface area contributed by atoms with E-state index in [9.17, 15) is 42.5 Å². The van der Waals surface area contributed by atoms with Crippen LogP contribution in [0.4, 0.5) is 17.6 Å². The van der Waals surface area contributed by atoms with E-state index in [1.54, 1.807) is 30.2 Å². The Kier molecular flexibility index (Phi) is 18.0. The zero-order valence-electron chi connectivity index (χ0n) is 54.6. The highest BCUT2D eigenvalue weighted by molar-refractivity contribution is 5.82. The molecule has 0 aromatic carbocycles. The lowest BCUT2D eigenvalue weighted by atomic mass is 9.48. The normalized spacial score (nSPS) is 45.6. The van der Waals surface area contributed by atoms with Gasteiger partial charge in [0.15, 0.2) is 17.4 Å². The molecule has 19 heteroatoms. The quantitative estimate of drug-likeness (QED) is 0.115. The molecule has 15 nitrogen and oxygen atoms in total. The first-order valence-electron chi connectivity index (χ1n) is 35.9. The minimum atomic E-state index is -2.65. The average molecular weight is 1260 g/mol. The summed E-state index contributed by atoms with van der Waals surface area (Å²) in [4.78, 5) is 27.7. The summed E-state index contributed by atoms with van der Waals surface area (Å²) >= 11 is 0. The second-order valence-electron chi connectivity index (χ2n) is 33.1. The molecule has 3 aromatic heterocycles. The second-order valence-corrected chi connectivity index (χ2v) is 33.1. The van der Waals surface area contributed by atoms with Gasteiger partial charge in [-0.05, 0) is 303 Å². The lowest BCUT2D eigenvalue weighted by Gasteiger charge is -2.57. The highest BCUT2D eigenvalue weighted by Gasteiger charge is 2.63. The molecule has 3 aromatic rings. The van der Waals surface area contributed by atoms with Gasteiger partial charge in [0.1, 0.15) is 24.3 Å². The minimum Gasteiger partial charge on any atom is -0.390 e. The van der Waals surface area contributed by atoms with Crippen molar-refractivity contribution < 1.29 is 42.5 Å². The summed E-state index contributed by atoms with van der Waals surface area (Å²) in [5.41, 5.74) is -2.17. The minimum absolute atomic E-state index is 0.0130. The number of aromatic nitrogens is 10. The van der Waals surface area contributed by atoms with Crippen molar-refractivity contribution in [1.82, 2.24) is 50.2 Å². The number of aryl methyl sites for hydroxylation is 1. The van der Waals surface area contributed by atoms with Gasteiger partial charge in [0.2, 0.25) is 0 Å². The molecule has 1 unspecified atom stereocenters. The standard InChI is InChI=1S/C24H35F2N3O.C24H37N3O2.C23H34F2N4O2/c1-15(14-29-12-11-27-28-29)20-5-6-21-19-4-3-16-13-24(30,22(25)26)10-8-17(16)18(19)7-9-23(20,21)2;1-3-24(29)11-9-17-16(14-24)4-5-19-18(17)8-10-23(2)20(19)6-7-21(23)22(28)15-27-13-12-25-26-27;1-13-26-28-29(27-13)12-20(30)19-6-5-18-17-4-3-14-11-23(31,21(24)25)10-8-15(14)16(17)7-9-22(18,19)2/h11-12,16-22,30H,1,3-10,13-14H2,2H3;12-13,16-21,29H,3-11,14-15H2,1-2H3;14-19,21,31H,3-12H2,1-2H3/t16-,17+,18-,19-,20-,21+,23-,24-;16?,17-,18+,19+,20-,21+,23-,24+;14-,15+,16-,17-,18+,19-,22+,23-/m101/s1. The Morgan fingerprint density at radius 2 is 0.922 bits per heavy atom. The smallest absolute Gasteiger partial charge is 0.266 e. The largest absolute Gasteiger partial charge is 0.390 e. The Morgan fingerprint density at radius 3 is 1.34 bits per heavy atom. The third kappa shape index (κ3) is 11.6. The van der Waals surface area contributed by atoms with Crippen molar-refractivity contribution in [3.63, 3.8) is 0 Å². The van der Waals surface area contributed by atoms with Crippen LogP contribution in [0.1, 0.15) is 213 Å². The van der Waals surface area contributed by atoms with Crippen LogP contribution >= 0.6 is 0 Å². The molecule has 90 heavy (non-hydrogen) atoms. The van der Waals surface area contributed by atoms with E-state index in [0.29, 0.717) is 89.2 Å². The van der Waals surface area contributed by atoms with Crippen LogP contribution in [0.5, 0.6) is 0 Å². The molecule has 12 saturated carbocycles. The number of hydrogen-bond acceptors (Lipinski definition) is 12. The number of halogens is 4. The van der Waals surface area contributed by atoms with Gasteiger partial charge in [-0.25, -0.2) is 26.9 Å². The maximum atomic E-state index is 13.4. The Labute approximate surface area is 531 Å². The number of ketones is 2. The molecule has 3 N–H and O–H groups in total. The summed E-state index contributed by atoms with van der Waals surface area (Å²) in [5, 5.41) is 59.6. The summed E-state index contributed by atoms with van der Waals surface area (Å²) in [6.07, 6.45) is 29.0. The zero-order valence-corrected chi connectivity index (χ0v) is 54.6. The molecule has 12 aliphatic carbocycles. The van der Waals surface area contributed by atoms with Gasteiger partial charge in [-0.2, -0.15) is 4.80 Å². The number of allylic oxidation sites excluding steroid dienone is 1. The van der Waals surface area contributed by atoms with Crippen LogP contribution in [0.15, 0.2) is 36.9 Å². The molecule has 0 saturated heterocycles. The van der Waals surface area contributed by atoms with Crippen LogP contribution in [-0.2, 0) is 29.2 Å². The summed E-state index contributed by atoms with van der Waals surface area (Å²) in [6, 6.07) is 0. The van der Waals surface area contributed by atoms with Crippen LogP contribution in [0, 0.1) is 130 Å². The first-order chi connectivity index (χ1) is 43.0. The summed E-state index contributed by atoms with van der Waals surface area (Å²) in [5.74, 6) is 11.0. The van der Waals surface area contributed by atoms with Gasteiger partial charge < -0.3 is 15.3 Å². The number of rotatable bonds is 12. The van der Waals surface area contributed by atoms with Crippen LogP contribution in [0.2, 0.25) is 0 Å². The number of tetrazole rings is 1. The number of carbonyl (C=O) groups is 2. The molecule has 0 spiro atoms. The number of fused-ring (bicyclic) bond motifs is 15. The fraction of sp³-hybridized carbons (Fsp3) is 0.873. The molecule has 15 rings (SSSR count). The molecular formula is C71H106F4N10O5. The average Bonchev–Trinajstić information content (AvgIpc) is 1.55. The van der Waals surface area contributed by atoms with Gasteiger partial charge >= 0.3 is 0 Å². The van der Waals surface area contributed by atoms with Crippen molar-refractivity contribution in [1.29, 1.82) is 0 Å². The van der Waals surface area contributed by atoms with Crippen molar-refractivity contribution >= 4 is 11.6 Å². The Balaban J connectivity index is 0.000000124. The molecule has 0 radical (unpaired) electrons. The summed E-state index contributed by atoms with van der Waals surface area (Å²) in [6.45, 7) is 16.9. The van der Waals surface area contributed by atoms with E-state index in [2.05, 4.69) is 70.3 Å². The summed E-state index contributed by atoms with van der Waals surface area (Å²) < 4.78 is 57.2. The lowest BCUT2D eigenvalue weighted by molar-refractivity contribution is -0.160. The highest BCUT2D eigenvalue weighted by Crippen LogP contribution is 2.69. The monoisotopic (exact) mass is 1250 g/mol. The maximum absolute atomic E-state index is 13.4. The first-order valence-corrected chi connectivity index (χ1v) is 35.9. The molecule has 0 bridgehead atoms. The van der Waals surface area contributed by atoms with Crippen molar-refractivity contribution in [2.24, 2.45) is 123 Å². The van der Waals surface area contributed by atoms with Gasteiger partial charge in [-0.3, -0.25) is 9.59 Å². The molecule has 498 valence electrons. The highest BCUT2D eigenvalue weighted by atomic mass is 19.3. The van der Waals surface area contributed by atoms with Crippen LogP contribution in [0.25, 0.3) is 0 Å². The molecule has 12 fully saturated rings. The van der Waals surface area contributed by atoms with Crippen LogP contribution in [0.3, 0.4) is 0 Å². The fourth-order valence-corrected chi connectivity index (χ4v) is 25.1. The third-order valence-electron chi connectivity index (χ3n) is 29.4. The molecular weight excluding hydrogens is 1150 g/mol. The van der Waals surface area contributed by atoms with Crippen molar-refractivity contribution in [2.75, 3.05) is 0 Å². The topological polar surface area (TPSA) is 200 Å². The van der Waals surface area contributed by atoms with Gasteiger partial charge in [-0.15, -0.1) is 20.4 Å². The van der Waals surface area contributed by atoms with Gasteiger partial charge in [0.05, 0.1) is 24.5 Å². The van der Waals surface area contributed by atoms with E-state index in [4.69, 9.17) is 0 Å². The van der Waals surface area contributed by atoms with Crippen molar-refractivity contribution in [2.45, 2.75) is 264 Å². The van der Waals surface area contributed by atoms with Gasteiger partial charge in [0.25, 0.3) is 12.9 Å². The summed E-state index contributed by atoms with van der Waals surface area (Å²) in [7, 11) is 0. The van der Waals surface area contributed by atoms with E-state index in [1.807, 2.05) is 10.9 Å². The molecule has 0 amide bonds. The third-order valence-corrected chi connectivity index (χ3v) is 29.4. The van der Waals surface area contributed by atoms with Crippen LogP contribution in [-0.4, -0.2) is 107 Å². The maximum Gasteiger partial charge on any atom is 0.266 e. The number of aliphatic hydroxyl groups is 3. The van der Waals surface area contributed by atoms with E-state index < -0.39 is 29.7 Å². The predicted octanol–water partition coefficient (Wildman–Crippen LogP) is 13.2.